The molecule has 0 atom stereocenters. The highest BCUT2D eigenvalue weighted by Crippen LogP contribution is 2.27. The molecule has 0 aromatic heterocycles. The number of nitrogens with one attached hydrogen (secondary N) is 1. The Morgan fingerprint density at radius 1 is 0.968 bits per heavy atom. The van der Waals surface area contributed by atoms with Crippen molar-refractivity contribution in [3.05, 3.63) is 59.4 Å². The van der Waals surface area contributed by atoms with Gasteiger partial charge >= 0.3 is 0 Å². The van der Waals surface area contributed by atoms with Crippen LogP contribution in [0.4, 0.5) is 4.39 Å². The first-order valence-corrected chi connectivity index (χ1v) is 10.2. The Bertz CT molecular complexity index is 904. The van der Waals surface area contributed by atoms with Gasteiger partial charge in [-0.2, -0.15) is 0 Å². The highest BCUT2D eigenvalue weighted by molar-refractivity contribution is 5.97. The lowest BCUT2D eigenvalue weighted by Crippen LogP contribution is -2.42. The zero-order chi connectivity index (χ0) is 22.2. The van der Waals surface area contributed by atoms with Crippen molar-refractivity contribution in [1.29, 1.82) is 0 Å². The van der Waals surface area contributed by atoms with E-state index in [4.69, 9.17) is 9.47 Å². The molecule has 0 aliphatic carbocycles. The van der Waals surface area contributed by atoms with Crippen LogP contribution in [0.15, 0.2) is 42.5 Å². The molecule has 1 aliphatic rings. The van der Waals surface area contributed by atoms with E-state index < -0.39 is 0 Å². The normalized spacial score (nSPS) is 14.6. The van der Waals surface area contributed by atoms with E-state index in [2.05, 4.69) is 10.2 Å². The van der Waals surface area contributed by atoms with Crippen LogP contribution in [0.3, 0.4) is 0 Å². The average Bonchev–Trinajstić information content (AvgIpc) is 3.03. The molecule has 1 heterocycles. The maximum absolute atomic E-state index is 13.1. The fraction of sp³-hybridized carbons (Fsp3) is 0.391. The van der Waals surface area contributed by atoms with Crippen LogP contribution in [0.25, 0.3) is 0 Å². The zero-order valence-corrected chi connectivity index (χ0v) is 17.9. The van der Waals surface area contributed by atoms with Gasteiger partial charge < -0.3 is 19.7 Å². The third-order valence-electron chi connectivity index (χ3n) is 5.31. The van der Waals surface area contributed by atoms with Crippen LogP contribution in [0.5, 0.6) is 11.5 Å². The van der Waals surface area contributed by atoms with Crippen LogP contribution in [-0.4, -0.2) is 68.6 Å². The van der Waals surface area contributed by atoms with Crippen molar-refractivity contribution in [3.8, 4) is 11.5 Å². The summed E-state index contributed by atoms with van der Waals surface area (Å²) in [5.41, 5.74) is 1.44. The molecule has 0 unspecified atom stereocenters. The smallest absolute Gasteiger partial charge is 0.251 e. The Hall–Kier alpha value is -3.13. The van der Waals surface area contributed by atoms with E-state index in [1.165, 1.54) is 26.4 Å². The molecule has 3 rings (SSSR count). The number of hydrogen-bond donors (Lipinski definition) is 1. The standard InChI is InChI=1S/C23H28FN3O4/c1-30-20-9-6-18(14-21(20)31-2)23(29)25-15-22(28)27-11-3-10-26(12-13-27)16-17-4-7-19(24)8-5-17/h4-9,14H,3,10-13,15-16H2,1-2H3,(H,25,29). The van der Waals surface area contributed by atoms with Crippen molar-refractivity contribution in [2.24, 2.45) is 0 Å². The minimum Gasteiger partial charge on any atom is -0.493 e. The minimum absolute atomic E-state index is 0.0643. The molecule has 1 saturated heterocycles. The Morgan fingerprint density at radius 3 is 2.42 bits per heavy atom. The third kappa shape index (κ3) is 6.18. The zero-order valence-electron chi connectivity index (χ0n) is 17.9. The molecule has 0 bridgehead atoms. The van der Waals surface area contributed by atoms with Gasteiger partial charge in [0.25, 0.3) is 5.91 Å². The van der Waals surface area contributed by atoms with Crippen LogP contribution in [0.1, 0.15) is 22.3 Å². The number of nitrogens with zero attached hydrogens (tertiary/aromatic N) is 2. The van der Waals surface area contributed by atoms with Gasteiger partial charge in [0.15, 0.2) is 11.5 Å². The van der Waals surface area contributed by atoms with Crippen LogP contribution >= 0.6 is 0 Å². The first-order valence-electron chi connectivity index (χ1n) is 10.2. The summed E-state index contributed by atoms with van der Waals surface area (Å²) in [6, 6.07) is 11.4. The van der Waals surface area contributed by atoms with Gasteiger partial charge in [-0.05, 0) is 42.3 Å². The minimum atomic E-state index is -0.345. The highest BCUT2D eigenvalue weighted by atomic mass is 19.1. The predicted octanol–water partition coefficient (Wildman–Crippen LogP) is 2.31. The van der Waals surface area contributed by atoms with Gasteiger partial charge in [-0.3, -0.25) is 14.5 Å². The van der Waals surface area contributed by atoms with E-state index in [0.29, 0.717) is 30.2 Å². The summed E-state index contributed by atoms with van der Waals surface area (Å²) >= 11 is 0. The number of carbonyl (C=O) groups is 2. The molecular formula is C23H28FN3O4. The summed E-state index contributed by atoms with van der Waals surface area (Å²) in [6.07, 6.45) is 0.844. The number of halogens is 1. The van der Waals surface area contributed by atoms with Gasteiger partial charge in [0.1, 0.15) is 5.82 Å². The second-order valence-corrected chi connectivity index (χ2v) is 7.39. The Kier molecular flexibility index (Phi) is 7.83. The van der Waals surface area contributed by atoms with Gasteiger partial charge in [0.2, 0.25) is 5.91 Å². The fourth-order valence-corrected chi connectivity index (χ4v) is 3.57. The summed E-state index contributed by atoms with van der Waals surface area (Å²) in [5.74, 6) is 0.283. The fourth-order valence-electron chi connectivity index (χ4n) is 3.57. The second kappa shape index (κ2) is 10.8. The number of ether oxygens (including phenoxy) is 2. The van der Waals surface area contributed by atoms with Crippen molar-refractivity contribution in [2.45, 2.75) is 13.0 Å². The van der Waals surface area contributed by atoms with Crippen molar-refractivity contribution >= 4 is 11.8 Å². The molecule has 1 fully saturated rings. The average molecular weight is 429 g/mol. The first kappa shape index (κ1) is 22.6. The van der Waals surface area contributed by atoms with Gasteiger partial charge in [-0.15, -0.1) is 0 Å². The van der Waals surface area contributed by atoms with Gasteiger partial charge in [-0.25, -0.2) is 4.39 Å². The van der Waals surface area contributed by atoms with E-state index in [-0.39, 0.29) is 24.2 Å². The van der Waals surface area contributed by atoms with E-state index in [9.17, 15) is 14.0 Å². The van der Waals surface area contributed by atoms with Crippen molar-refractivity contribution in [1.82, 2.24) is 15.1 Å². The Labute approximate surface area is 181 Å². The summed E-state index contributed by atoms with van der Waals surface area (Å²) in [7, 11) is 3.03. The molecule has 2 aromatic rings. The Morgan fingerprint density at radius 2 is 1.71 bits per heavy atom. The predicted molar refractivity (Wildman–Crippen MR) is 115 cm³/mol. The molecular weight excluding hydrogens is 401 g/mol. The Balaban J connectivity index is 1.49. The molecule has 2 amide bonds. The largest absolute Gasteiger partial charge is 0.493 e. The highest BCUT2D eigenvalue weighted by Gasteiger charge is 2.20. The lowest BCUT2D eigenvalue weighted by atomic mass is 10.2. The molecule has 1 N–H and O–H groups in total. The molecule has 7 nitrogen and oxygen atoms in total. The SMILES string of the molecule is COc1ccc(C(=O)NCC(=O)N2CCCN(Cc3ccc(F)cc3)CC2)cc1OC. The van der Waals surface area contributed by atoms with Gasteiger partial charge in [0, 0.05) is 38.3 Å². The van der Waals surface area contributed by atoms with Crippen molar-refractivity contribution in [3.63, 3.8) is 0 Å². The quantitative estimate of drug-likeness (QED) is 0.732. The van der Waals surface area contributed by atoms with Crippen molar-refractivity contribution in [2.75, 3.05) is 46.9 Å². The maximum Gasteiger partial charge on any atom is 0.251 e. The van der Waals surface area contributed by atoms with E-state index in [0.717, 1.165) is 31.6 Å². The molecule has 2 aromatic carbocycles. The van der Waals surface area contributed by atoms with Crippen molar-refractivity contribution < 1.29 is 23.5 Å². The molecule has 1 aliphatic heterocycles. The number of methoxy groups -OCH3 is 2. The molecule has 31 heavy (non-hydrogen) atoms. The molecule has 0 radical (unpaired) electrons. The summed E-state index contributed by atoms with van der Waals surface area (Å²) in [5, 5.41) is 2.69. The molecule has 0 saturated carbocycles. The van der Waals surface area contributed by atoms with E-state index in [1.54, 1.807) is 35.2 Å². The number of carbonyl (C=O) groups excluding carboxylic acids is 2. The summed E-state index contributed by atoms with van der Waals surface area (Å²) < 4.78 is 23.5. The number of amides is 2. The third-order valence-corrected chi connectivity index (χ3v) is 5.31. The molecule has 0 spiro atoms. The lowest BCUT2D eigenvalue weighted by molar-refractivity contribution is -0.130. The number of hydrogen-bond acceptors (Lipinski definition) is 5. The summed E-state index contributed by atoms with van der Waals surface area (Å²) in [4.78, 5) is 29.1. The van der Waals surface area contributed by atoms with Crippen LogP contribution in [0, 0.1) is 5.82 Å². The lowest BCUT2D eigenvalue weighted by Gasteiger charge is -2.22. The topological polar surface area (TPSA) is 71.1 Å². The van der Waals surface area contributed by atoms with Gasteiger partial charge in [0.05, 0.1) is 20.8 Å². The van der Waals surface area contributed by atoms with Crippen LogP contribution < -0.4 is 14.8 Å². The van der Waals surface area contributed by atoms with Crippen LogP contribution in [0.2, 0.25) is 0 Å². The van der Waals surface area contributed by atoms with E-state index >= 15 is 0 Å². The number of rotatable bonds is 7. The summed E-state index contributed by atoms with van der Waals surface area (Å²) in [6.45, 7) is 3.48. The molecule has 166 valence electrons. The second-order valence-electron chi connectivity index (χ2n) is 7.39. The first-order chi connectivity index (χ1) is 15.0. The maximum atomic E-state index is 13.1. The van der Waals surface area contributed by atoms with E-state index in [1.807, 2.05) is 0 Å². The number of benzene rings is 2. The monoisotopic (exact) mass is 429 g/mol. The van der Waals surface area contributed by atoms with Gasteiger partial charge in [-0.1, -0.05) is 12.1 Å². The van der Waals surface area contributed by atoms with Crippen LogP contribution in [-0.2, 0) is 11.3 Å². The molecule has 8 heteroatoms.